The van der Waals surface area contributed by atoms with Crippen LogP contribution in [-0.4, -0.2) is 45.2 Å². The summed E-state index contributed by atoms with van der Waals surface area (Å²) < 4.78 is 0. The molecule has 114 valence electrons. The molecule has 5 nitrogen and oxygen atoms in total. The zero-order valence-electron chi connectivity index (χ0n) is 12.1. The molecule has 2 heterocycles. The second kappa shape index (κ2) is 7.45. The van der Waals surface area contributed by atoms with Gasteiger partial charge in [0.1, 0.15) is 5.03 Å². The van der Waals surface area contributed by atoms with E-state index in [2.05, 4.69) is 11.9 Å². The van der Waals surface area contributed by atoms with Gasteiger partial charge in [-0.3, -0.25) is 4.79 Å². The molecular weight excluding hydrogens is 288 g/mol. The first-order valence-electron chi connectivity index (χ1n) is 7.24. The lowest BCUT2D eigenvalue weighted by atomic mass is 10.0. The van der Waals surface area contributed by atoms with Gasteiger partial charge in [-0.2, -0.15) is 0 Å². The molecule has 1 aromatic heterocycles. The lowest BCUT2D eigenvalue weighted by molar-refractivity contribution is -0.132. The number of aromatic carboxylic acids is 1. The van der Waals surface area contributed by atoms with E-state index in [0.717, 1.165) is 25.8 Å². The molecule has 21 heavy (non-hydrogen) atoms. The smallest absolute Gasteiger partial charge is 0.338 e. The number of likely N-dealkylation sites (tertiary alicyclic amines) is 1. The lowest BCUT2D eigenvalue weighted by Crippen LogP contribution is -2.44. The van der Waals surface area contributed by atoms with E-state index in [1.165, 1.54) is 24.2 Å². The van der Waals surface area contributed by atoms with Crippen molar-refractivity contribution in [2.24, 2.45) is 0 Å². The second-order valence-electron chi connectivity index (χ2n) is 5.09. The van der Waals surface area contributed by atoms with Gasteiger partial charge >= 0.3 is 5.97 Å². The number of nitrogens with zero attached hydrogens (tertiary/aromatic N) is 2. The van der Waals surface area contributed by atoms with Gasteiger partial charge in [-0.05, 0) is 37.8 Å². The Bertz CT molecular complexity index is 521. The predicted molar refractivity (Wildman–Crippen MR) is 81.6 cm³/mol. The monoisotopic (exact) mass is 308 g/mol. The minimum Gasteiger partial charge on any atom is -0.478 e. The minimum atomic E-state index is -1.01. The third-order valence-corrected chi connectivity index (χ3v) is 4.74. The number of hydrogen-bond donors (Lipinski definition) is 1. The van der Waals surface area contributed by atoms with Gasteiger partial charge in [0, 0.05) is 18.8 Å². The molecule has 0 bridgehead atoms. The van der Waals surface area contributed by atoms with E-state index >= 15 is 0 Å². The topological polar surface area (TPSA) is 70.5 Å². The van der Waals surface area contributed by atoms with Crippen LogP contribution in [0.25, 0.3) is 0 Å². The zero-order chi connectivity index (χ0) is 15.2. The lowest BCUT2D eigenvalue weighted by Gasteiger charge is -2.35. The zero-order valence-corrected chi connectivity index (χ0v) is 12.9. The fraction of sp³-hybridized carbons (Fsp3) is 0.533. The van der Waals surface area contributed by atoms with Crippen LogP contribution >= 0.6 is 11.8 Å². The van der Waals surface area contributed by atoms with E-state index in [-0.39, 0.29) is 17.2 Å². The number of aromatic nitrogens is 1. The Labute approximate surface area is 128 Å². The summed E-state index contributed by atoms with van der Waals surface area (Å²) in [5.74, 6) is -0.690. The fourth-order valence-electron chi connectivity index (χ4n) is 2.63. The Balaban J connectivity index is 1.99. The summed E-state index contributed by atoms with van der Waals surface area (Å²) in [6.07, 6.45) is 5.82. The van der Waals surface area contributed by atoms with Crippen molar-refractivity contribution in [1.29, 1.82) is 0 Å². The number of thioether (sulfide) groups is 1. The van der Waals surface area contributed by atoms with E-state index in [4.69, 9.17) is 5.11 Å². The van der Waals surface area contributed by atoms with E-state index in [0.29, 0.717) is 11.1 Å². The van der Waals surface area contributed by atoms with Gasteiger partial charge in [-0.1, -0.05) is 18.7 Å². The van der Waals surface area contributed by atoms with Gasteiger partial charge < -0.3 is 10.0 Å². The summed E-state index contributed by atoms with van der Waals surface area (Å²) in [4.78, 5) is 29.5. The number of amides is 1. The third kappa shape index (κ3) is 3.97. The molecule has 1 aliphatic rings. The highest BCUT2D eigenvalue weighted by Crippen LogP contribution is 2.24. The van der Waals surface area contributed by atoms with Crippen molar-refractivity contribution in [2.75, 3.05) is 12.3 Å². The Kier molecular flexibility index (Phi) is 5.61. The van der Waals surface area contributed by atoms with Crippen LogP contribution in [0.1, 0.15) is 43.0 Å². The molecule has 1 amide bonds. The highest BCUT2D eigenvalue weighted by molar-refractivity contribution is 8.00. The molecule has 2 rings (SSSR count). The normalized spacial score (nSPS) is 18.5. The predicted octanol–water partition coefficient (Wildman–Crippen LogP) is 2.66. The number of hydrogen-bond acceptors (Lipinski definition) is 4. The highest BCUT2D eigenvalue weighted by atomic mass is 32.2. The molecule has 0 radical (unpaired) electrons. The van der Waals surface area contributed by atoms with E-state index in [1.54, 1.807) is 12.3 Å². The standard InChI is InChI=1S/C15H20N2O3S/c1-2-11-6-3-4-9-17(11)13(18)10-21-14-12(15(19)20)7-5-8-16-14/h5,7-8,11H,2-4,6,9-10H2,1H3,(H,19,20). The highest BCUT2D eigenvalue weighted by Gasteiger charge is 2.25. The van der Waals surface area contributed by atoms with Crippen molar-refractivity contribution < 1.29 is 14.7 Å². The van der Waals surface area contributed by atoms with Crippen molar-refractivity contribution in [1.82, 2.24) is 9.88 Å². The number of rotatable bonds is 5. The summed E-state index contributed by atoms with van der Waals surface area (Å²) in [6, 6.07) is 3.43. The van der Waals surface area contributed by atoms with Gasteiger partial charge in [0.05, 0.1) is 11.3 Å². The van der Waals surface area contributed by atoms with Crippen LogP contribution in [0.3, 0.4) is 0 Å². The van der Waals surface area contributed by atoms with Crippen LogP contribution in [-0.2, 0) is 4.79 Å². The fourth-order valence-corrected chi connectivity index (χ4v) is 3.51. The van der Waals surface area contributed by atoms with Crippen molar-refractivity contribution in [3.05, 3.63) is 23.9 Å². The van der Waals surface area contributed by atoms with Crippen molar-refractivity contribution in [3.63, 3.8) is 0 Å². The van der Waals surface area contributed by atoms with E-state index in [9.17, 15) is 9.59 Å². The average Bonchev–Trinajstić information content (AvgIpc) is 2.52. The van der Waals surface area contributed by atoms with E-state index < -0.39 is 5.97 Å². The summed E-state index contributed by atoms with van der Waals surface area (Å²) in [7, 11) is 0. The SMILES string of the molecule is CCC1CCCCN1C(=O)CSc1ncccc1C(=O)O. The molecule has 1 aromatic rings. The number of carbonyl (C=O) groups excluding carboxylic acids is 1. The van der Waals surface area contributed by atoms with Crippen molar-refractivity contribution in [3.8, 4) is 0 Å². The maximum Gasteiger partial charge on any atom is 0.338 e. The second-order valence-corrected chi connectivity index (χ2v) is 6.06. The van der Waals surface area contributed by atoms with Gasteiger partial charge in [-0.25, -0.2) is 9.78 Å². The average molecular weight is 308 g/mol. The van der Waals surface area contributed by atoms with Crippen LogP contribution in [0.5, 0.6) is 0 Å². The number of piperidine rings is 1. The third-order valence-electron chi connectivity index (χ3n) is 3.75. The molecule has 1 aliphatic heterocycles. The summed E-state index contributed by atoms with van der Waals surface area (Å²) in [5.41, 5.74) is 0.154. The van der Waals surface area contributed by atoms with Crippen molar-refractivity contribution in [2.45, 2.75) is 43.7 Å². The Hall–Kier alpha value is -1.56. The number of carbonyl (C=O) groups is 2. The molecule has 0 aromatic carbocycles. The molecule has 0 aliphatic carbocycles. The molecule has 6 heteroatoms. The first-order chi connectivity index (χ1) is 10.1. The molecule has 0 saturated carbocycles. The van der Waals surface area contributed by atoms with Crippen LogP contribution in [0.15, 0.2) is 23.4 Å². The molecular formula is C15H20N2O3S. The number of carboxylic acids is 1. The Morgan fingerprint density at radius 3 is 3.00 bits per heavy atom. The summed E-state index contributed by atoms with van der Waals surface area (Å²) >= 11 is 1.21. The first kappa shape index (κ1) is 15.8. The van der Waals surface area contributed by atoms with Crippen LogP contribution in [0.4, 0.5) is 0 Å². The van der Waals surface area contributed by atoms with Crippen molar-refractivity contribution >= 4 is 23.6 Å². The number of pyridine rings is 1. The van der Waals surface area contributed by atoms with Gasteiger partial charge in [0.25, 0.3) is 0 Å². The van der Waals surface area contributed by atoms with E-state index in [1.807, 2.05) is 4.90 Å². The first-order valence-corrected chi connectivity index (χ1v) is 8.22. The molecule has 1 N–H and O–H groups in total. The van der Waals surface area contributed by atoms with Crippen LogP contribution in [0, 0.1) is 0 Å². The van der Waals surface area contributed by atoms with Crippen LogP contribution in [0.2, 0.25) is 0 Å². The Morgan fingerprint density at radius 2 is 2.29 bits per heavy atom. The Morgan fingerprint density at radius 1 is 1.48 bits per heavy atom. The summed E-state index contributed by atoms with van der Waals surface area (Å²) in [6.45, 7) is 2.91. The maximum atomic E-state index is 12.4. The molecule has 0 spiro atoms. The van der Waals surface area contributed by atoms with Crippen LogP contribution < -0.4 is 0 Å². The van der Waals surface area contributed by atoms with Gasteiger partial charge in [0.2, 0.25) is 5.91 Å². The maximum absolute atomic E-state index is 12.4. The summed E-state index contributed by atoms with van der Waals surface area (Å²) in [5, 5.41) is 9.52. The van der Waals surface area contributed by atoms with Gasteiger partial charge in [-0.15, -0.1) is 0 Å². The number of carboxylic acid groups (broad SMARTS) is 1. The largest absolute Gasteiger partial charge is 0.478 e. The molecule has 1 saturated heterocycles. The molecule has 1 unspecified atom stereocenters. The minimum absolute atomic E-state index is 0.0774. The molecule has 1 atom stereocenters. The van der Waals surface area contributed by atoms with Gasteiger partial charge in [0.15, 0.2) is 0 Å². The quantitative estimate of drug-likeness (QED) is 0.847. The molecule has 1 fully saturated rings.